The molecule has 19 heavy (non-hydrogen) atoms. The SMILES string of the molecule is CC(C)C(COc1cccc(Cl)c1F)CS(=O)(=O)Cl. The van der Waals surface area contributed by atoms with Crippen molar-refractivity contribution >= 4 is 31.3 Å². The Hall–Kier alpha value is -0.520. The minimum Gasteiger partial charge on any atom is -0.490 e. The molecule has 108 valence electrons. The molecule has 1 rings (SSSR count). The van der Waals surface area contributed by atoms with E-state index in [4.69, 9.17) is 27.0 Å². The molecule has 0 spiro atoms. The highest BCUT2D eigenvalue weighted by Gasteiger charge is 2.22. The van der Waals surface area contributed by atoms with Crippen LogP contribution in [0.2, 0.25) is 5.02 Å². The van der Waals surface area contributed by atoms with E-state index in [1.165, 1.54) is 12.1 Å². The van der Waals surface area contributed by atoms with Gasteiger partial charge in [0.2, 0.25) is 9.05 Å². The third kappa shape index (κ3) is 5.55. The summed E-state index contributed by atoms with van der Waals surface area (Å²) in [5.41, 5.74) is 0. The highest BCUT2D eigenvalue weighted by Crippen LogP contribution is 2.25. The first kappa shape index (κ1) is 16.5. The van der Waals surface area contributed by atoms with Crippen LogP contribution in [0.5, 0.6) is 5.75 Å². The summed E-state index contributed by atoms with van der Waals surface area (Å²) in [6.07, 6.45) is 0. The van der Waals surface area contributed by atoms with Crippen molar-refractivity contribution in [2.24, 2.45) is 11.8 Å². The molecule has 0 aromatic heterocycles. The van der Waals surface area contributed by atoms with Crippen LogP contribution >= 0.6 is 22.3 Å². The van der Waals surface area contributed by atoms with Gasteiger partial charge in [0.25, 0.3) is 0 Å². The molecule has 0 saturated heterocycles. The van der Waals surface area contributed by atoms with Crippen molar-refractivity contribution in [3.8, 4) is 5.75 Å². The first-order valence-corrected chi connectivity index (χ1v) is 8.55. The molecule has 1 atom stereocenters. The fraction of sp³-hybridized carbons (Fsp3) is 0.500. The summed E-state index contributed by atoms with van der Waals surface area (Å²) in [4.78, 5) is 0. The van der Waals surface area contributed by atoms with Gasteiger partial charge < -0.3 is 4.74 Å². The predicted octanol–water partition coefficient (Wildman–Crippen LogP) is 3.70. The smallest absolute Gasteiger partial charge is 0.233 e. The maximum atomic E-state index is 13.6. The van der Waals surface area contributed by atoms with Crippen LogP contribution < -0.4 is 4.74 Å². The minimum atomic E-state index is -3.62. The van der Waals surface area contributed by atoms with E-state index < -0.39 is 14.9 Å². The Labute approximate surface area is 122 Å². The zero-order valence-corrected chi connectivity index (χ0v) is 12.9. The van der Waals surface area contributed by atoms with E-state index in [-0.39, 0.29) is 35.0 Å². The van der Waals surface area contributed by atoms with Gasteiger partial charge in [0.15, 0.2) is 11.6 Å². The lowest BCUT2D eigenvalue weighted by molar-refractivity contribution is 0.217. The van der Waals surface area contributed by atoms with Gasteiger partial charge in [0.1, 0.15) is 0 Å². The van der Waals surface area contributed by atoms with Crippen LogP contribution in [0.25, 0.3) is 0 Å². The molecule has 7 heteroatoms. The molecule has 0 N–H and O–H groups in total. The minimum absolute atomic E-state index is 0.00474. The summed E-state index contributed by atoms with van der Waals surface area (Å²) in [5.74, 6) is -1.14. The molecule has 0 saturated carbocycles. The summed E-state index contributed by atoms with van der Waals surface area (Å²) < 4.78 is 41.1. The number of ether oxygens (including phenoxy) is 1. The Kier molecular flexibility index (Phi) is 5.89. The average Bonchev–Trinajstić information content (AvgIpc) is 2.27. The molecule has 3 nitrogen and oxygen atoms in total. The van der Waals surface area contributed by atoms with Gasteiger partial charge in [0, 0.05) is 16.6 Å². The second-order valence-electron chi connectivity index (χ2n) is 4.57. The van der Waals surface area contributed by atoms with Crippen LogP contribution in [0.3, 0.4) is 0 Å². The second kappa shape index (κ2) is 6.77. The Morgan fingerprint density at radius 2 is 2.00 bits per heavy atom. The van der Waals surface area contributed by atoms with Crippen LogP contribution in [-0.2, 0) is 9.05 Å². The van der Waals surface area contributed by atoms with Crippen molar-refractivity contribution in [1.29, 1.82) is 0 Å². The molecule has 0 amide bonds. The molecule has 1 unspecified atom stereocenters. The quantitative estimate of drug-likeness (QED) is 0.748. The summed E-state index contributed by atoms with van der Waals surface area (Å²) in [7, 11) is 1.61. The molecule has 0 aliphatic carbocycles. The van der Waals surface area contributed by atoms with Crippen molar-refractivity contribution in [3.05, 3.63) is 29.0 Å². The molecule has 1 aromatic rings. The van der Waals surface area contributed by atoms with Crippen molar-refractivity contribution in [2.45, 2.75) is 13.8 Å². The largest absolute Gasteiger partial charge is 0.490 e. The summed E-state index contributed by atoms with van der Waals surface area (Å²) >= 11 is 5.63. The third-order valence-electron chi connectivity index (χ3n) is 2.73. The Bertz CT molecular complexity index is 532. The molecule has 0 aliphatic rings. The number of hydrogen-bond acceptors (Lipinski definition) is 3. The van der Waals surface area contributed by atoms with E-state index >= 15 is 0 Å². The van der Waals surface area contributed by atoms with Crippen LogP contribution in [0, 0.1) is 17.7 Å². The molecule has 0 fully saturated rings. The Morgan fingerprint density at radius 1 is 1.37 bits per heavy atom. The molecule has 0 radical (unpaired) electrons. The molecule has 0 aliphatic heterocycles. The van der Waals surface area contributed by atoms with E-state index in [1.54, 1.807) is 6.07 Å². The van der Waals surface area contributed by atoms with E-state index in [9.17, 15) is 12.8 Å². The van der Waals surface area contributed by atoms with Gasteiger partial charge in [-0.3, -0.25) is 0 Å². The van der Waals surface area contributed by atoms with Crippen molar-refractivity contribution in [2.75, 3.05) is 12.4 Å². The van der Waals surface area contributed by atoms with E-state index in [1.807, 2.05) is 13.8 Å². The monoisotopic (exact) mass is 328 g/mol. The van der Waals surface area contributed by atoms with Crippen molar-refractivity contribution in [1.82, 2.24) is 0 Å². The molecular formula is C12H15Cl2FO3S. The maximum absolute atomic E-state index is 13.6. The normalized spacial score (nSPS) is 13.6. The van der Waals surface area contributed by atoms with Crippen LogP contribution in [0.1, 0.15) is 13.8 Å². The number of benzene rings is 1. The van der Waals surface area contributed by atoms with Gasteiger partial charge in [-0.05, 0) is 18.1 Å². The van der Waals surface area contributed by atoms with Gasteiger partial charge in [-0.1, -0.05) is 31.5 Å². The molecular weight excluding hydrogens is 314 g/mol. The van der Waals surface area contributed by atoms with E-state index in [2.05, 4.69) is 0 Å². The van der Waals surface area contributed by atoms with Crippen LogP contribution in [0.15, 0.2) is 18.2 Å². The summed E-state index contributed by atoms with van der Waals surface area (Å²) in [6, 6.07) is 4.41. The van der Waals surface area contributed by atoms with Gasteiger partial charge in [0.05, 0.1) is 17.4 Å². The van der Waals surface area contributed by atoms with Crippen LogP contribution in [0.4, 0.5) is 4.39 Å². The molecule has 0 bridgehead atoms. The zero-order chi connectivity index (χ0) is 14.6. The molecule has 1 aromatic carbocycles. The highest BCUT2D eigenvalue weighted by atomic mass is 35.7. The Morgan fingerprint density at radius 3 is 2.53 bits per heavy atom. The van der Waals surface area contributed by atoms with E-state index in [0.29, 0.717) is 0 Å². The fourth-order valence-corrected chi connectivity index (χ4v) is 3.12. The van der Waals surface area contributed by atoms with Gasteiger partial charge in [-0.25, -0.2) is 12.8 Å². The maximum Gasteiger partial charge on any atom is 0.233 e. The van der Waals surface area contributed by atoms with Gasteiger partial charge >= 0.3 is 0 Å². The number of hydrogen-bond donors (Lipinski definition) is 0. The van der Waals surface area contributed by atoms with Gasteiger partial charge in [-0.15, -0.1) is 0 Å². The van der Waals surface area contributed by atoms with E-state index in [0.717, 1.165) is 0 Å². The van der Waals surface area contributed by atoms with Crippen LogP contribution in [-0.4, -0.2) is 20.8 Å². The average molecular weight is 329 g/mol. The fourth-order valence-electron chi connectivity index (χ4n) is 1.48. The molecule has 0 heterocycles. The zero-order valence-electron chi connectivity index (χ0n) is 10.6. The third-order valence-corrected chi connectivity index (χ3v) is 4.22. The topological polar surface area (TPSA) is 43.4 Å². The lowest BCUT2D eigenvalue weighted by Crippen LogP contribution is -2.24. The first-order chi connectivity index (χ1) is 8.70. The number of rotatable bonds is 6. The lowest BCUT2D eigenvalue weighted by atomic mass is 9.99. The lowest BCUT2D eigenvalue weighted by Gasteiger charge is -2.20. The first-order valence-electron chi connectivity index (χ1n) is 5.70. The Balaban J connectivity index is 2.74. The predicted molar refractivity (Wildman–Crippen MR) is 74.9 cm³/mol. The summed E-state index contributed by atoms with van der Waals surface area (Å²) in [5, 5.41) is -0.0384. The highest BCUT2D eigenvalue weighted by molar-refractivity contribution is 8.13. The van der Waals surface area contributed by atoms with Crippen molar-refractivity contribution in [3.63, 3.8) is 0 Å². The van der Waals surface area contributed by atoms with Gasteiger partial charge in [-0.2, -0.15) is 0 Å². The van der Waals surface area contributed by atoms with Crippen molar-refractivity contribution < 1.29 is 17.5 Å². The number of halogens is 3. The summed E-state index contributed by atoms with van der Waals surface area (Å²) in [6.45, 7) is 3.76. The standard InChI is InChI=1S/C12H15Cl2FO3S/c1-8(2)9(7-19(14,16)17)6-18-11-5-3-4-10(13)12(11)15/h3-5,8-9H,6-7H2,1-2H3. The second-order valence-corrected chi connectivity index (χ2v) is 7.80.